The van der Waals surface area contributed by atoms with Gasteiger partial charge in [-0.15, -0.1) is 0 Å². The van der Waals surface area contributed by atoms with Crippen molar-refractivity contribution < 1.29 is 13.9 Å². The molecular weight excluding hydrogens is 296 g/mol. The van der Waals surface area contributed by atoms with Gasteiger partial charge in [-0.05, 0) is 12.1 Å². The molecule has 118 valence electrons. The smallest absolute Gasteiger partial charge is 0.291 e. The molecule has 0 atom stereocenters. The van der Waals surface area contributed by atoms with Crippen LogP contribution in [0.25, 0.3) is 11.0 Å². The number of nitrogens with zero attached hydrogens (tertiary/aromatic N) is 1. The van der Waals surface area contributed by atoms with Gasteiger partial charge >= 0.3 is 0 Å². The Morgan fingerprint density at radius 3 is 2.70 bits per heavy atom. The van der Waals surface area contributed by atoms with E-state index in [1.165, 1.54) is 19.2 Å². The molecule has 1 aromatic carbocycles. The summed E-state index contributed by atoms with van der Waals surface area (Å²) in [5.41, 5.74) is 0.562. The summed E-state index contributed by atoms with van der Waals surface area (Å²) in [7, 11) is 1.51. The van der Waals surface area contributed by atoms with Crippen LogP contribution in [-0.2, 0) is 6.54 Å². The molecule has 0 bridgehead atoms. The van der Waals surface area contributed by atoms with Crippen LogP contribution in [0.5, 0.6) is 5.75 Å². The second-order valence-corrected chi connectivity index (χ2v) is 4.99. The summed E-state index contributed by atoms with van der Waals surface area (Å²) < 4.78 is 12.7. The van der Waals surface area contributed by atoms with Crippen LogP contribution < -0.4 is 15.5 Å². The van der Waals surface area contributed by atoms with E-state index in [0.29, 0.717) is 24.4 Å². The zero-order valence-corrected chi connectivity index (χ0v) is 12.6. The van der Waals surface area contributed by atoms with Gasteiger partial charge in [0.05, 0.1) is 12.5 Å². The van der Waals surface area contributed by atoms with Crippen LogP contribution in [0.4, 0.5) is 0 Å². The SMILES string of the molecule is COc1c(C(=O)NCCn2ccc(=O)cc2)oc2ccccc12. The summed E-state index contributed by atoms with van der Waals surface area (Å²) in [5.74, 6) is 0.258. The van der Waals surface area contributed by atoms with E-state index in [1.54, 1.807) is 18.5 Å². The van der Waals surface area contributed by atoms with Crippen LogP contribution in [0, 0.1) is 0 Å². The standard InChI is InChI=1S/C17H16N2O4/c1-22-15-13-4-2-3-5-14(13)23-16(15)17(21)18-8-11-19-9-6-12(20)7-10-19/h2-7,9-10H,8,11H2,1H3,(H,18,21). The van der Waals surface area contributed by atoms with Crippen molar-refractivity contribution in [1.29, 1.82) is 0 Å². The molecule has 0 aliphatic carbocycles. The molecule has 0 saturated heterocycles. The second kappa shape index (κ2) is 6.39. The average molecular weight is 312 g/mol. The molecule has 0 radical (unpaired) electrons. The van der Waals surface area contributed by atoms with Gasteiger partial charge in [-0.3, -0.25) is 9.59 Å². The maximum absolute atomic E-state index is 12.3. The van der Waals surface area contributed by atoms with Crippen molar-refractivity contribution in [2.75, 3.05) is 13.7 Å². The minimum Gasteiger partial charge on any atom is -0.492 e. The zero-order valence-electron chi connectivity index (χ0n) is 12.6. The Morgan fingerprint density at radius 1 is 1.22 bits per heavy atom. The first-order valence-corrected chi connectivity index (χ1v) is 7.19. The van der Waals surface area contributed by atoms with Crippen LogP contribution in [0.2, 0.25) is 0 Å². The van der Waals surface area contributed by atoms with Crippen LogP contribution in [0.3, 0.4) is 0 Å². The number of fused-ring (bicyclic) bond motifs is 1. The fourth-order valence-corrected chi connectivity index (χ4v) is 2.35. The summed E-state index contributed by atoms with van der Waals surface area (Å²) in [6.07, 6.45) is 3.35. The number of ether oxygens (including phenoxy) is 1. The zero-order chi connectivity index (χ0) is 16.2. The van der Waals surface area contributed by atoms with Gasteiger partial charge in [0, 0.05) is 37.6 Å². The minimum absolute atomic E-state index is 0.0442. The van der Waals surface area contributed by atoms with Gasteiger partial charge < -0.3 is 19.0 Å². The highest BCUT2D eigenvalue weighted by Gasteiger charge is 2.20. The molecule has 1 amide bonds. The normalized spacial score (nSPS) is 10.7. The molecule has 3 rings (SSSR count). The number of hydrogen-bond acceptors (Lipinski definition) is 4. The Morgan fingerprint density at radius 2 is 1.96 bits per heavy atom. The first-order valence-electron chi connectivity index (χ1n) is 7.19. The van der Waals surface area contributed by atoms with E-state index in [1.807, 2.05) is 22.8 Å². The number of hydrogen-bond donors (Lipinski definition) is 1. The molecule has 2 heterocycles. The lowest BCUT2D eigenvalue weighted by Gasteiger charge is -2.07. The number of carbonyl (C=O) groups is 1. The van der Waals surface area contributed by atoms with Crippen molar-refractivity contribution in [2.45, 2.75) is 6.54 Å². The van der Waals surface area contributed by atoms with Gasteiger partial charge in [-0.25, -0.2) is 0 Å². The third-order valence-corrected chi connectivity index (χ3v) is 3.48. The molecule has 6 heteroatoms. The Labute approximate surface area is 132 Å². The van der Waals surface area contributed by atoms with E-state index in [2.05, 4.69) is 5.32 Å². The number of furan rings is 1. The number of para-hydroxylation sites is 1. The maximum Gasteiger partial charge on any atom is 0.291 e. The van der Waals surface area contributed by atoms with E-state index < -0.39 is 0 Å². The fourth-order valence-electron chi connectivity index (χ4n) is 2.35. The van der Waals surface area contributed by atoms with E-state index >= 15 is 0 Å². The Kier molecular flexibility index (Phi) is 4.14. The van der Waals surface area contributed by atoms with Gasteiger partial charge in [-0.2, -0.15) is 0 Å². The third-order valence-electron chi connectivity index (χ3n) is 3.48. The van der Waals surface area contributed by atoms with Crippen molar-refractivity contribution in [3.63, 3.8) is 0 Å². The largest absolute Gasteiger partial charge is 0.492 e. The molecule has 23 heavy (non-hydrogen) atoms. The molecule has 0 saturated carbocycles. The van der Waals surface area contributed by atoms with Gasteiger partial charge in [0.1, 0.15) is 5.58 Å². The number of nitrogens with one attached hydrogen (secondary N) is 1. The molecule has 2 aromatic heterocycles. The lowest BCUT2D eigenvalue weighted by molar-refractivity contribution is 0.0922. The third kappa shape index (κ3) is 3.11. The van der Waals surface area contributed by atoms with Crippen molar-refractivity contribution in [3.05, 3.63) is 64.8 Å². The Hall–Kier alpha value is -3.02. The van der Waals surface area contributed by atoms with Crippen LogP contribution in [0.1, 0.15) is 10.6 Å². The number of aromatic nitrogens is 1. The quantitative estimate of drug-likeness (QED) is 0.782. The highest BCUT2D eigenvalue weighted by Crippen LogP contribution is 2.32. The number of amides is 1. The summed E-state index contributed by atoms with van der Waals surface area (Å²) in [6.45, 7) is 0.955. The number of benzene rings is 1. The topological polar surface area (TPSA) is 73.5 Å². The molecule has 0 aliphatic rings. The van der Waals surface area contributed by atoms with Crippen LogP contribution in [-0.4, -0.2) is 24.1 Å². The van der Waals surface area contributed by atoms with Crippen LogP contribution in [0.15, 0.2) is 58.0 Å². The number of methoxy groups -OCH3 is 1. The molecule has 0 spiro atoms. The summed E-state index contributed by atoms with van der Waals surface area (Å²) in [6, 6.07) is 10.3. The average Bonchev–Trinajstić information content (AvgIpc) is 2.95. The summed E-state index contributed by atoms with van der Waals surface area (Å²) in [5, 5.41) is 3.55. The first-order chi connectivity index (χ1) is 11.2. The highest BCUT2D eigenvalue weighted by atomic mass is 16.5. The lowest BCUT2D eigenvalue weighted by Crippen LogP contribution is -2.27. The van der Waals surface area contributed by atoms with E-state index in [-0.39, 0.29) is 17.1 Å². The number of carbonyl (C=O) groups excluding carboxylic acids is 1. The number of pyridine rings is 1. The van der Waals surface area contributed by atoms with Gasteiger partial charge in [0.25, 0.3) is 5.91 Å². The molecule has 0 aliphatic heterocycles. The monoisotopic (exact) mass is 312 g/mol. The van der Waals surface area contributed by atoms with Gasteiger partial charge in [-0.1, -0.05) is 12.1 Å². The summed E-state index contributed by atoms with van der Waals surface area (Å²) in [4.78, 5) is 23.3. The number of rotatable bonds is 5. The van der Waals surface area contributed by atoms with Crippen molar-refractivity contribution in [2.24, 2.45) is 0 Å². The Balaban J connectivity index is 1.71. The molecule has 0 fully saturated rings. The molecule has 0 unspecified atom stereocenters. The van der Waals surface area contributed by atoms with Crippen molar-refractivity contribution in [3.8, 4) is 5.75 Å². The molecule has 3 aromatic rings. The predicted molar refractivity (Wildman–Crippen MR) is 85.8 cm³/mol. The van der Waals surface area contributed by atoms with E-state index in [4.69, 9.17) is 9.15 Å². The van der Waals surface area contributed by atoms with Crippen molar-refractivity contribution in [1.82, 2.24) is 9.88 Å². The predicted octanol–water partition coefficient (Wildman–Crippen LogP) is 2.03. The molecule has 1 N–H and O–H groups in total. The maximum atomic E-state index is 12.3. The van der Waals surface area contributed by atoms with Crippen LogP contribution >= 0.6 is 0 Å². The van der Waals surface area contributed by atoms with E-state index in [0.717, 1.165) is 5.39 Å². The van der Waals surface area contributed by atoms with E-state index in [9.17, 15) is 9.59 Å². The summed E-state index contributed by atoms with van der Waals surface area (Å²) >= 11 is 0. The highest BCUT2D eigenvalue weighted by molar-refractivity contribution is 6.01. The second-order valence-electron chi connectivity index (χ2n) is 4.99. The molecule has 6 nitrogen and oxygen atoms in total. The molecular formula is C17H16N2O4. The minimum atomic E-state index is -0.334. The fraction of sp³-hybridized carbons (Fsp3) is 0.176. The first kappa shape index (κ1) is 14.9. The lowest BCUT2D eigenvalue weighted by atomic mass is 10.2. The van der Waals surface area contributed by atoms with Gasteiger partial charge in [0.2, 0.25) is 5.76 Å². The van der Waals surface area contributed by atoms with Crippen molar-refractivity contribution >= 4 is 16.9 Å². The Bertz CT molecular complexity index is 874. The van der Waals surface area contributed by atoms with Gasteiger partial charge in [0.15, 0.2) is 11.2 Å².